The molecule has 0 spiro atoms. The first kappa shape index (κ1) is 24.9. The number of fused-ring (bicyclic) bond motifs is 1. The van der Waals surface area contributed by atoms with Gasteiger partial charge in [-0.2, -0.15) is 10.5 Å². The normalized spacial score (nSPS) is 14.9. The third kappa shape index (κ3) is 4.33. The average molecular weight is 535 g/mol. The van der Waals surface area contributed by atoms with Gasteiger partial charge < -0.3 is 5.73 Å². The summed E-state index contributed by atoms with van der Waals surface area (Å²) < 4.78 is 2.20. The Labute approximate surface area is 234 Å². The van der Waals surface area contributed by atoms with Crippen LogP contribution in [0.2, 0.25) is 0 Å². The predicted molar refractivity (Wildman–Crippen MR) is 160 cm³/mol. The van der Waals surface area contributed by atoms with Gasteiger partial charge in [-0.15, -0.1) is 11.3 Å². The van der Waals surface area contributed by atoms with Gasteiger partial charge in [0.15, 0.2) is 0 Å². The van der Waals surface area contributed by atoms with Crippen molar-refractivity contribution < 1.29 is 0 Å². The number of allylic oxidation sites excluding steroid dienone is 1. The Morgan fingerprint density at radius 2 is 1.20 bits per heavy atom. The van der Waals surface area contributed by atoms with Crippen molar-refractivity contribution in [1.29, 1.82) is 10.5 Å². The molecule has 1 aliphatic rings. The van der Waals surface area contributed by atoms with Crippen molar-refractivity contribution in [2.24, 2.45) is 5.73 Å². The van der Waals surface area contributed by atoms with Gasteiger partial charge in [0.25, 0.3) is 5.56 Å². The Kier molecular flexibility index (Phi) is 6.46. The van der Waals surface area contributed by atoms with Crippen LogP contribution in [-0.4, -0.2) is 4.57 Å². The Bertz CT molecular complexity index is 2020. The molecule has 6 heteroatoms. The molecule has 1 atom stereocenters. The van der Waals surface area contributed by atoms with Gasteiger partial charge in [-0.3, -0.25) is 9.36 Å². The highest BCUT2D eigenvalue weighted by Crippen LogP contribution is 2.36. The maximum absolute atomic E-state index is 13.5. The minimum atomic E-state index is -0.657. The average Bonchev–Trinajstić information content (AvgIpc) is 3.34. The van der Waals surface area contributed by atoms with Crippen LogP contribution in [0, 0.1) is 22.7 Å². The maximum atomic E-state index is 13.5. The number of nitriles is 2. The molecule has 5 aromatic rings. The van der Waals surface area contributed by atoms with Crippen molar-refractivity contribution in [1.82, 2.24) is 4.57 Å². The fourth-order valence-electron chi connectivity index (χ4n) is 5.04. The lowest BCUT2D eigenvalue weighted by molar-refractivity contribution is 0.906. The van der Waals surface area contributed by atoms with Gasteiger partial charge >= 0.3 is 0 Å². The molecule has 2 heterocycles. The Balaban J connectivity index is 1.45. The molecule has 2 N–H and O–H groups in total. The third-order valence-electron chi connectivity index (χ3n) is 7.06. The summed E-state index contributed by atoms with van der Waals surface area (Å²) in [5, 5.41) is 20.3. The van der Waals surface area contributed by atoms with E-state index in [-0.39, 0.29) is 17.0 Å². The predicted octanol–water partition coefficient (Wildman–Crippen LogP) is 5.20. The smallest absolute Gasteiger partial charge is 0.274 e. The van der Waals surface area contributed by atoms with Gasteiger partial charge in [-0.25, -0.2) is 0 Å². The fourth-order valence-corrected chi connectivity index (χ4v) is 6.17. The summed E-state index contributed by atoms with van der Waals surface area (Å²) in [6.07, 6.45) is 1.80. The second-order valence-corrected chi connectivity index (χ2v) is 10.4. The largest absolute Gasteiger partial charge is 0.384 e. The van der Waals surface area contributed by atoms with E-state index in [1.54, 1.807) is 6.08 Å². The lowest BCUT2D eigenvalue weighted by atomic mass is 9.84. The lowest BCUT2D eigenvalue weighted by Crippen LogP contribution is -2.38. The molecule has 0 aliphatic carbocycles. The van der Waals surface area contributed by atoms with E-state index in [1.807, 2.05) is 109 Å². The number of nitrogens with two attached hydrogens (primary N) is 1. The molecular formula is C34H22N4OS. The minimum absolute atomic E-state index is 0.0639. The summed E-state index contributed by atoms with van der Waals surface area (Å²) in [7, 11) is 0. The highest BCUT2D eigenvalue weighted by molar-refractivity contribution is 7.07. The van der Waals surface area contributed by atoms with Crippen LogP contribution in [0.25, 0.3) is 39.7 Å². The van der Waals surface area contributed by atoms with Crippen LogP contribution in [0.5, 0.6) is 0 Å². The lowest BCUT2D eigenvalue weighted by Gasteiger charge is -2.22. The van der Waals surface area contributed by atoms with Gasteiger partial charge in [0, 0.05) is 0 Å². The van der Waals surface area contributed by atoms with E-state index in [2.05, 4.69) is 12.1 Å². The molecular weight excluding hydrogens is 512 g/mol. The molecule has 190 valence electrons. The molecule has 5 nitrogen and oxygen atoms in total. The third-order valence-corrected chi connectivity index (χ3v) is 8.16. The zero-order valence-electron chi connectivity index (χ0n) is 21.3. The topological polar surface area (TPSA) is 95.6 Å². The van der Waals surface area contributed by atoms with Gasteiger partial charge in [-0.05, 0) is 39.5 Å². The molecule has 6 rings (SSSR count). The number of thiazole rings is 1. The van der Waals surface area contributed by atoms with Gasteiger partial charge in [-0.1, -0.05) is 109 Å². The SMILES string of the molecule is N#CC1=C(N)n2c(sc(=Cc3ccc(-c4ccccc4)cc3)c2=O)=C(C#N)[C@@H]1c1ccc(-c2ccccc2)cc1. The van der Waals surface area contributed by atoms with Gasteiger partial charge in [0.05, 0.1) is 33.7 Å². The number of hydrogen-bond acceptors (Lipinski definition) is 5. The molecule has 4 aromatic carbocycles. The van der Waals surface area contributed by atoms with Crippen molar-refractivity contribution >= 4 is 28.8 Å². The summed E-state index contributed by atoms with van der Waals surface area (Å²) in [4.78, 5) is 13.5. The van der Waals surface area contributed by atoms with E-state index in [0.717, 1.165) is 33.4 Å². The van der Waals surface area contributed by atoms with Crippen LogP contribution in [0.15, 0.2) is 120 Å². The molecule has 0 amide bonds. The molecule has 1 aliphatic heterocycles. The van der Waals surface area contributed by atoms with E-state index < -0.39 is 5.92 Å². The number of rotatable bonds is 4. The molecule has 0 unspecified atom stereocenters. The monoisotopic (exact) mass is 534 g/mol. The molecule has 0 fully saturated rings. The van der Waals surface area contributed by atoms with E-state index in [4.69, 9.17) is 5.73 Å². The summed E-state index contributed by atoms with van der Waals surface area (Å²) in [6, 6.07) is 40.2. The highest BCUT2D eigenvalue weighted by Gasteiger charge is 2.32. The summed E-state index contributed by atoms with van der Waals surface area (Å²) in [5.41, 5.74) is 12.5. The van der Waals surface area contributed by atoms with Gasteiger partial charge in [0.2, 0.25) is 0 Å². The van der Waals surface area contributed by atoms with Crippen molar-refractivity contribution in [3.05, 3.63) is 145 Å². The van der Waals surface area contributed by atoms with Crippen LogP contribution in [0.4, 0.5) is 0 Å². The summed E-state index contributed by atoms with van der Waals surface area (Å²) in [5.74, 6) is -0.593. The fraction of sp³-hybridized carbons (Fsp3) is 0.0294. The zero-order valence-corrected chi connectivity index (χ0v) is 22.1. The van der Waals surface area contributed by atoms with Crippen LogP contribution >= 0.6 is 11.3 Å². The minimum Gasteiger partial charge on any atom is -0.384 e. The van der Waals surface area contributed by atoms with Gasteiger partial charge in [0.1, 0.15) is 10.5 Å². The molecule has 0 bridgehead atoms. The second kappa shape index (κ2) is 10.4. The van der Waals surface area contributed by atoms with Crippen LogP contribution < -0.4 is 20.5 Å². The van der Waals surface area contributed by atoms with Crippen molar-refractivity contribution in [2.45, 2.75) is 5.92 Å². The van der Waals surface area contributed by atoms with E-state index in [9.17, 15) is 15.3 Å². The highest BCUT2D eigenvalue weighted by atomic mass is 32.1. The summed E-state index contributed by atoms with van der Waals surface area (Å²) in [6.45, 7) is 0. The second-order valence-electron chi connectivity index (χ2n) is 9.40. The Morgan fingerprint density at radius 3 is 1.73 bits per heavy atom. The molecule has 0 saturated carbocycles. The van der Waals surface area contributed by atoms with Crippen LogP contribution in [0.1, 0.15) is 17.0 Å². The van der Waals surface area contributed by atoms with E-state index in [0.29, 0.717) is 14.8 Å². The first-order valence-corrected chi connectivity index (χ1v) is 13.5. The van der Waals surface area contributed by atoms with Crippen molar-refractivity contribution in [3.63, 3.8) is 0 Å². The maximum Gasteiger partial charge on any atom is 0.274 e. The number of aromatic nitrogens is 1. The standard InChI is InChI=1S/C34H22N4OS/c35-20-28-31(27-17-15-26(16-18-27)24-9-5-2-6-10-24)29(21-36)34-38(32(28)37)33(39)30(40-34)19-22-11-13-25(14-12-22)23-7-3-1-4-8-23/h1-19,31H,37H2/t31-/m1/s1. The first-order valence-electron chi connectivity index (χ1n) is 12.7. The van der Waals surface area contributed by atoms with Crippen molar-refractivity contribution in [2.75, 3.05) is 0 Å². The molecule has 1 aromatic heterocycles. The molecule has 0 saturated heterocycles. The first-order chi connectivity index (χ1) is 19.6. The Hall–Kier alpha value is -5.43. The quantitative estimate of drug-likeness (QED) is 0.343. The van der Waals surface area contributed by atoms with E-state index >= 15 is 0 Å². The summed E-state index contributed by atoms with van der Waals surface area (Å²) >= 11 is 1.22. The zero-order chi connectivity index (χ0) is 27.6. The van der Waals surface area contributed by atoms with Crippen molar-refractivity contribution in [3.8, 4) is 34.4 Å². The van der Waals surface area contributed by atoms with Crippen LogP contribution in [-0.2, 0) is 0 Å². The number of benzene rings is 4. The Morgan fingerprint density at radius 1 is 0.700 bits per heavy atom. The molecule has 40 heavy (non-hydrogen) atoms. The number of hydrogen-bond donors (Lipinski definition) is 1. The molecule has 0 radical (unpaired) electrons. The number of nitrogens with zero attached hydrogens (tertiary/aromatic N) is 3. The van der Waals surface area contributed by atoms with E-state index in [1.165, 1.54) is 15.9 Å². The van der Waals surface area contributed by atoms with Crippen LogP contribution in [0.3, 0.4) is 0 Å².